The van der Waals surface area contributed by atoms with Gasteiger partial charge >= 0.3 is 5.97 Å². The summed E-state index contributed by atoms with van der Waals surface area (Å²) in [4.78, 5) is 37.3. The van der Waals surface area contributed by atoms with Crippen molar-refractivity contribution in [2.75, 3.05) is 20.7 Å². The van der Waals surface area contributed by atoms with Gasteiger partial charge in [-0.3, -0.25) is 9.59 Å². The molecule has 0 saturated heterocycles. The Morgan fingerprint density at radius 2 is 2.04 bits per heavy atom. The highest BCUT2D eigenvalue weighted by molar-refractivity contribution is 5.93. The number of methoxy groups -OCH3 is 1. The maximum absolute atomic E-state index is 12.3. The summed E-state index contributed by atoms with van der Waals surface area (Å²) in [6.07, 6.45) is 1.21. The standard InChI is InChI=1S/C16H18N2O5/c1-4-17(2)14(19)9-18-8-12(16(21)22)15(20)11-7-10(23-3)5-6-13(11)18/h5-8H,4,9H2,1-3H3,(H,21,22). The van der Waals surface area contributed by atoms with Gasteiger partial charge in [0.1, 0.15) is 17.9 Å². The summed E-state index contributed by atoms with van der Waals surface area (Å²) >= 11 is 0. The molecule has 0 aliphatic carbocycles. The molecule has 2 aromatic rings. The normalized spacial score (nSPS) is 10.6. The largest absolute Gasteiger partial charge is 0.497 e. The molecule has 0 bridgehead atoms. The fourth-order valence-corrected chi connectivity index (χ4v) is 2.23. The third-order valence-electron chi connectivity index (χ3n) is 3.72. The van der Waals surface area contributed by atoms with E-state index in [9.17, 15) is 19.5 Å². The predicted molar refractivity (Wildman–Crippen MR) is 85.0 cm³/mol. The van der Waals surface area contributed by atoms with E-state index < -0.39 is 11.4 Å². The molecule has 1 amide bonds. The number of pyridine rings is 1. The van der Waals surface area contributed by atoms with E-state index in [1.54, 1.807) is 19.2 Å². The third kappa shape index (κ3) is 3.18. The highest BCUT2D eigenvalue weighted by Gasteiger charge is 2.17. The van der Waals surface area contributed by atoms with Crippen LogP contribution < -0.4 is 10.2 Å². The monoisotopic (exact) mass is 318 g/mol. The van der Waals surface area contributed by atoms with Gasteiger partial charge in [-0.1, -0.05) is 0 Å². The van der Waals surface area contributed by atoms with Gasteiger partial charge in [-0.15, -0.1) is 0 Å². The fourth-order valence-electron chi connectivity index (χ4n) is 2.23. The van der Waals surface area contributed by atoms with Crippen molar-refractivity contribution >= 4 is 22.8 Å². The summed E-state index contributed by atoms with van der Waals surface area (Å²) < 4.78 is 6.56. The Labute approximate surface area is 132 Å². The van der Waals surface area contributed by atoms with Crippen molar-refractivity contribution in [3.8, 4) is 5.75 Å². The van der Waals surface area contributed by atoms with E-state index in [4.69, 9.17) is 4.74 Å². The van der Waals surface area contributed by atoms with Crippen molar-refractivity contribution in [3.63, 3.8) is 0 Å². The average molecular weight is 318 g/mol. The van der Waals surface area contributed by atoms with Gasteiger partial charge in [0.15, 0.2) is 0 Å². The fraction of sp³-hybridized carbons (Fsp3) is 0.312. The molecule has 1 N–H and O–H groups in total. The van der Waals surface area contributed by atoms with E-state index in [-0.39, 0.29) is 23.4 Å². The zero-order valence-corrected chi connectivity index (χ0v) is 13.2. The second kappa shape index (κ2) is 6.51. The molecular weight excluding hydrogens is 300 g/mol. The Morgan fingerprint density at radius 3 is 2.61 bits per heavy atom. The molecule has 23 heavy (non-hydrogen) atoms. The molecule has 7 nitrogen and oxygen atoms in total. The summed E-state index contributed by atoms with van der Waals surface area (Å²) in [6, 6.07) is 4.78. The van der Waals surface area contributed by atoms with Crippen LogP contribution in [0.15, 0.2) is 29.2 Å². The van der Waals surface area contributed by atoms with Crippen molar-refractivity contribution in [2.45, 2.75) is 13.5 Å². The first kappa shape index (κ1) is 16.5. The Balaban J connectivity index is 2.68. The molecule has 122 valence electrons. The van der Waals surface area contributed by atoms with Gasteiger partial charge < -0.3 is 19.3 Å². The number of ether oxygens (including phenoxy) is 1. The number of amides is 1. The number of nitrogens with zero attached hydrogens (tertiary/aromatic N) is 2. The first-order valence-electron chi connectivity index (χ1n) is 7.07. The highest BCUT2D eigenvalue weighted by Crippen LogP contribution is 2.19. The van der Waals surface area contributed by atoms with Crippen LogP contribution in [0.3, 0.4) is 0 Å². The zero-order valence-electron chi connectivity index (χ0n) is 13.2. The number of hydrogen-bond acceptors (Lipinski definition) is 4. The zero-order chi connectivity index (χ0) is 17.1. The topological polar surface area (TPSA) is 88.8 Å². The predicted octanol–water partition coefficient (Wildman–Crippen LogP) is 1.19. The van der Waals surface area contributed by atoms with Crippen LogP contribution in [0.2, 0.25) is 0 Å². The van der Waals surface area contributed by atoms with Crippen molar-refractivity contribution < 1.29 is 19.4 Å². The molecule has 0 radical (unpaired) electrons. The van der Waals surface area contributed by atoms with E-state index >= 15 is 0 Å². The lowest BCUT2D eigenvalue weighted by atomic mass is 10.1. The van der Waals surface area contributed by atoms with Crippen LogP contribution in [-0.4, -0.2) is 47.2 Å². The Morgan fingerprint density at radius 1 is 1.35 bits per heavy atom. The summed E-state index contributed by atoms with van der Waals surface area (Å²) in [6.45, 7) is 2.33. The van der Waals surface area contributed by atoms with Crippen molar-refractivity contribution in [3.05, 3.63) is 40.2 Å². The van der Waals surface area contributed by atoms with Gasteiger partial charge in [0.05, 0.1) is 18.0 Å². The van der Waals surface area contributed by atoms with Crippen molar-refractivity contribution in [1.82, 2.24) is 9.47 Å². The number of fused-ring (bicyclic) bond motifs is 1. The highest BCUT2D eigenvalue weighted by atomic mass is 16.5. The maximum atomic E-state index is 12.3. The number of likely N-dealkylation sites (N-methyl/N-ethyl adjacent to an activating group) is 1. The second-order valence-electron chi connectivity index (χ2n) is 5.10. The molecule has 1 aromatic heterocycles. The van der Waals surface area contributed by atoms with Crippen molar-refractivity contribution in [2.24, 2.45) is 0 Å². The van der Waals surface area contributed by atoms with Crippen LogP contribution in [0.1, 0.15) is 17.3 Å². The van der Waals surface area contributed by atoms with E-state index in [1.165, 1.54) is 28.8 Å². The number of carboxylic acids is 1. The van der Waals surface area contributed by atoms with Gasteiger partial charge in [0.2, 0.25) is 11.3 Å². The molecule has 2 rings (SSSR count). The third-order valence-corrected chi connectivity index (χ3v) is 3.72. The lowest BCUT2D eigenvalue weighted by Gasteiger charge is -2.17. The maximum Gasteiger partial charge on any atom is 0.341 e. The smallest absolute Gasteiger partial charge is 0.341 e. The minimum atomic E-state index is -1.33. The van der Waals surface area contributed by atoms with E-state index in [0.717, 1.165) is 0 Å². The van der Waals surface area contributed by atoms with E-state index in [0.29, 0.717) is 17.8 Å². The van der Waals surface area contributed by atoms with E-state index in [1.807, 2.05) is 6.92 Å². The quantitative estimate of drug-likeness (QED) is 0.894. The summed E-state index contributed by atoms with van der Waals surface area (Å²) in [7, 11) is 3.12. The molecule has 0 saturated carbocycles. The summed E-state index contributed by atoms with van der Waals surface area (Å²) in [5.74, 6) is -1.06. The number of aromatic nitrogens is 1. The number of carbonyl (C=O) groups excluding carboxylic acids is 1. The molecule has 0 aliphatic heterocycles. The van der Waals surface area contributed by atoms with Gasteiger partial charge in [-0.2, -0.15) is 0 Å². The first-order chi connectivity index (χ1) is 10.9. The van der Waals surface area contributed by atoms with Crippen LogP contribution in [0.5, 0.6) is 5.75 Å². The Bertz CT molecular complexity index is 825. The second-order valence-corrected chi connectivity index (χ2v) is 5.10. The molecular formula is C16H18N2O5. The molecule has 7 heteroatoms. The number of carboxylic acid groups (broad SMARTS) is 1. The molecule has 0 unspecified atom stereocenters. The number of aromatic carboxylic acids is 1. The lowest BCUT2D eigenvalue weighted by Crippen LogP contribution is -2.31. The average Bonchev–Trinajstić information content (AvgIpc) is 2.55. The Kier molecular flexibility index (Phi) is 4.68. The molecule has 0 fully saturated rings. The van der Waals surface area contributed by atoms with Crippen LogP contribution in [0.25, 0.3) is 10.9 Å². The minimum absolute atomic E-state index is 0.0479. The number of rotatable bonds is 5. The summed E-state index contributed by atoms with van der Waals surface area (Å²) in [5, 5.41) is 9.43. The molecule has 0 atom stereocenters. The number of hydrogen-bond donors (Lipinski definition) is 1. The lowest BCUT2D eigenvalue weighted by molar-refractivity contribution is -0.130. The van der Waals surface area contributed by atoms with Gasteiger partial charge in [-0.05, 0) is 25.1 Å². The number of benzene rings is 1. The van der Waals surface area contributed by atoms with Gasteiger partial charge in [-0.25, -0.2) is 4.79 Å². The SMILES string of the molecule is CCN(C)C(=O)Cn1cc(C(=O)O)c(=O)c2cc(OC)ccc21. The van der Waals surface area contributed by atoms with Crippen LogP contribution in [0, 0.1) is 0 Å². The number of carbonyl (C=O) groups is 2. The molecule has 0 spiro atoms. The van der Waals surface area contributed by atoms with Gasteiger partial charge in [0.25, 0.3) is 0 Å². The first-order valence-corrected chi connectivity index (χ1v) is 7.07. The van der Waals surface area contributed by atoms with Crippen molar-refractivity contribution in [1.29, 1.82) is 0 Å². The van der Waals surface area contributed by atoms with Crippen LogP contribution in [0.4, 0.5) is 0 Å². The van der Waals surface area contributed by atoms with Crippen LogP contribution in [-0.2, 0) is 11.3 Å². The van der Waals surface area contributed by atoms with E-state index in [2.05, 4.69) is 0 Å². The summed E-state index contributed by atoms with van der Waals surface area (Å²) in [5.41, 5.74) is -0.490. The molecule has 1 heterocycles. The Hall–Kier alpha value is -2.83. The minimum Gasteiger partial charge on any atom is -0.497 e. The molecule has 1 aromatic carbocycles. The molecule has 0 aliphatic rings. The van der Waals surface area contributed by atoms with Crippen LogP contribution >= 0.6 is 0 Å². The van der Waals surface area contributed by atoms with Gasteiger partial charge in [0, 0.05) is 19.8 Å².